The number of aromatic nitrogens is 3. The molecule has 0 bridgehead atoms. The molecule has 3 aromatic rings. The standard InChI is InChI=1S/C18H19N3O/c1-12-8-9-15(10-14(12)3)21-18(17(11-22)19-20-21)16-7-5-4-6-13(16)2/h4-10,22H,11H2,1-3H3. The van der Waals surface area contributed by atoms with E-state index < -0.39 is 0 Å². The van der Waals surface area contributed by atoms with Crippen LogP contribution in [0.15, 0.2) is 42.5 Å². The number of aliphatic hydroxyl groups excluding tert-OH is 1. The van der Waals surface area contributed by atoms with Gasteiger partial charge in [0.2, 0.25) is 0 Å². The number of hydrogen-bond donors (Lipinski definition) is 1. The van der Waals surface area contributed by atoms with Gasteiger partial charge in [-0.25, -0.2) is 4.68 Å². The molecule has 0 aliphatic carbocycles. The molecule has 112 valence electrons. The largest absolute Gasteiger partial charge is 0.390 e. The normalized spacial score (nSPS) is 10.9. The Hall–Kier alpha value is -2.46. The summed E-state index contributed by atoms with van der Waals surface area (Å²) in [7, 11) is 0. The van der Waals surface area contributed by atoms with Crippen LogP contribution in [0.3, 0.4) is 0 Å². The number of hydrogen-bond acceptors (Lipinski definition) is 3. The van der Waals surface area contributed by atoms with Gasteiger partial charge in [0.25, 0.3) is 0 Å². The summed E-state index contributed by atoms with van der Waals surface area (Å²) in [6, 6.07) is 14.3. The van der Waals surface area contributed by atoms with Crippen molar-refractivity contribution in [3.8, 4) is 16.9 Å². The third-order valence-corrected chi connectivity index (χ3v) is 4.03. The second-order valence-electron chi connectivity index (χ2n) is 5.54. The predicted octanol–water partition coefficient (Wildman–Crippen LogP) is 3.35. The van der Waals surface area contributed by atoms with Crippen LogP contribution in [0.5, 0.6) is 0 Å². The minimum atomic E-state index is -0.130. The van der Waals surface area contributed by atoms with Crippen LogP contribution >= 0.6 is 0 Å². The average molecular weight is 293 g/mol. The van der Waals surface area contributed by atoms with Gasteiger partial charge in [-0.1, -0.05) is 35.5 Å². The Balaban J connectivity index is 2.24. The Labute approximate surface area is 130 Å². The second-order valence-corrected chi connectivity index (χ2v) is 5.54. The quantitative estimate of drug-likeness (QED) is 0.805. The highest BCUT2D eigenvalue weighted by atomic mass is 16.3. The summed E-state index contributed by atoms with van der Waals surface area (Å²) >= 11 is 0. The van der Waals surface area contributed by atoms with Crippen LogP contribution in [-0.2, 0) is 6.61 Å². The molecule has 1 aromatic heterocycles. The molecule has 0 saturated heterocycles. The number of benzene rings is 2. The Morgan fingerprint density at radius 2 is 1.73 bits per heavy atom. The van der Waals surface area contributed by atoms with Crippen molar-refractivity contribution in [1.29, 1.82) is 0 Å². The molecule has 0 aliphatic rings. The molecule has 3 rings (SSSR count). The molecule has 4 nitrogen and oxygen atoms in total. The average Bonchev–Trinajstić information content (AvgIpc) is 2.94. The lowest BCUT2D eigenvalue weighted by molar-refractivity contribution is 0.277. The van der Waals surface area contributed by atoms with Gasteiger partial charge in [-0.2, -0.15) is 0 Å². The van der Waals surface area contributed by atoms with E-state index in [0.717, 1.165) is 22.5 Å². The molecule has 4 heteroatoms. The fourth-order valence-electron chi connectivity index (χ4n) is 2.57. The summed E-state index contributed by atoms with van der Waals surface area (Å²) in [6.07, 6.45) is 0. The van der Waals surface area contributed by atoms with E-state index >= 15 is 0 Å². The van der Waals surface area contributed by atoms with Gasteiger partial charge < -0.3 is 5.11 Å². The van der Waals surface area contributed by atoms with Gasteiger partial charge in [0.05, 0.1) is 12.3 Å². The van der Waals surface area contributed by atoms with Gasteiger partial charge in [0.15, 0.2) is 0 Å². The molecule has 0 fully saturated rings. The highest BCUT2D eigenvalue weighted by molar-refractivity contribution is 5.67. The Morgan fingerprint density at radius 3 is 2.41 bits per heavy atom. The SMILES string of the molecule is Cc1ccc(-n2nnc(CO)c2-c2ccccc2C)cc1C. The number of aliphatic hydroxyl groups is 1. The molecular formula is C18H19N3O. The summed E-state index contributed by atoms with van der Waals surface area (Å²) < 4.78 is 1.81. The van der Waals surface area contributed by atoms with E-state index in [-0.39, 0.29) is 6.61 Å². The van der Waals surface area contributed by atoms with E-state index in [0.29, 0.717) is 5.69 Å². The number of nitrogens with zero attached hydrogens (tertiary/aromatic N) is 3. The first-order valence-electron chi connectivity index (χ1n) is 7.31. The predicted molar refractivity (Wildman–Crippen MR) is 86.9 cm³/mol. The molecular weight excluding hydrogens is 274 g/mol. The molecule has 0 spiro atoms. The molecule has 0 aliphatic heterocycles. The van der Waals surface area contributed by atoms with Crippen molar-refractivity contribution in [2.75, 3.05) is 0 Å². The maximum Gasteiger partial charge on any atom is 0.117 e. The van der Waals surface area contributed by atoms with Crippen molar-refractivity contribution in [2.24, 2.45) is 0 Å². The molecule has 0 atom stereocenters. The first-order chi connectivity index (χ1) is 10.6. The Bertz CT molecular complexity index is 821. The van der Waals surface area contributed by atoms with Crippen molar-refractivity contribution in [2.45, 2.75) is 27.4 Å². The fraction of sp³-hybridized carbons (Fsp3) is 0.222. The third-order valence-electron chi connectivity index (χ3n) is 4.03. The van der Waals surface area contributed by atoms with Gasteiger partial charge >= 0.3 is 0 Å². The summed E-state index contributed by atoms with van der Waals surface area (Å²) in [5.74, 6) is 0. The van der Waals surface area contributed by atoms with E-state index in [1.165, 1.54) is 11.1 Å². The Morgan fingerprint density at radius 1 is 0.955 bits per heavy atom. The van der Waals surface area contributed by atoms with E-state index in [2.05, 4.69) is 36.3 Å². The molecule has 0 unspecified atom stereocenters. The van der Waals surface area contributed by atoms with E-state index in [1.54, 1.807) is 4.68 Å². The maximum absolute atomic E-state index is 9.61. The third kappa shape index (κ3) is 2.42. The van der Waals surface area contributed by atoms with Gasteiger partial charge in [-0.3, -0.25) is 0 Å². The van der Waals surface area contributed by atoms with Crippen LogP contribution in [0.1, 0.15) is 22.4 Å². The van der Waals surface area contributed by atoms with Crippen LogP contribution in [0.4, 0.5) is 0 Å². The molecule has 1 N–H and O–H groups in total. The monoisotopic (exact) mass is 293 g/mol. The lowest BCUT2D eigenvalue weighted by Gasteiger charge is -2.11. The minimum absolute atomic E-state index is 0.130. The molecule has 2 aromatic carbocycles. The van der Waals surface area contributed by atoms with Crippen LogP contribution in [0.25, 0.3) is 16.9 Å². The van der Waals surface area contributed by atoms with Crippen molar-refractivity contribution in [3.05, 3.63) is 64.8 Å². The van der Waals surface area contributed by atoms with Crippen LogP contribution < -0.4 is 0 Å². The molecule has 0 saturated carbocycles. The van der Waals surface area contributed by atoms with Gasteiger partial charge in [0.1, 0.15) is 11.4 Å². The summed E-state index contributed by atoms with van der Waals surface area (Å²) in [6.45, 7) is 6.08. The van der Waals surface area contributed by atoms with Crippen LogP contribution in [-0.4, -0.2) is 20.1 Å². The molecule has 1 heterocycles. The topological polar surface area (TPSA) is 50.9 Å². The van der Waals surface area contributed by atoms with Crippen molar-refractivity contribution in [1.82, 2.24) is 15.0 Å². The lowest BCUT2D eigenvalue weighted by Crippen LogP contribution is -2.02. The molecule has 0 amide bonds. The maximum atomic E-state index is 9.61. The van der Waals surface area contributed by atoms with E-state index in [1.807, 2.05) is 37.3 Å². The van der Waals surface area contributed by atoms with Gasteiger partial charge in [-0.15, -0.1) is 5.10 Å². The Kier molecular flexibility index (Phi) is 3.77. The minimum Gasteiger partial charge on any atom is -0.390 e. The highest BCUT2D eigenvalue weighted by Crippen LogP contribution is 2.28. The zero-order valence-electron chi connectivity index (χ0n) is 13.0. The van der Waals surface area contributed by atoms with Crippen LogP contribution in [0, 0.1) is 20.8 Å². The smallest absolute Gasteiger partial charge is 0.117 e. The van der Waals surface area contributed by atoms with Crippen molar-refractivity contribution in [3.63, 3.8) is 0 Å². The summed E-state index contributed by atoms with van der Waals surface area (Å²) in [5, 5.41) is 18.0. The molecule has 22 heavy (non-hydrogen) atoms. The van der Waals surface area contributed by atoms with Crippen molar-refractivity contribution < 1.29 is 5.11 Å². The zero-order chi connectivity index (χ0) is 15.7. The number of rotatable bonds is 3. The van der Waals surface area contributed by atoms with E-state index in [4.69, 9.17) is 0 Å². The highest BCUT2D eigenvalue weighted by Gasteiger charge is 2.17. The van der Waals surface area contributed by atoms with Gasteiger partial charge in [-0.05, 0) is 49.6 Å². The molecule has 0 radical (unpaired) electrons. The van der Waals surface area contributed by atoms with Gasteiger partial charge in [0, 0.05) is 5.56 Å². The first kappa shape index (κ1) is 14.5. The fourth-order valence-corrected chi connectivity index (χ4v) is 2.57. The second kappa shape index (κ2) is 5.73. The first-order valence-corrected chi connectivity index (χ1v) is 7.31. The van der Waals surface area contributed by atoms with E-state index in [9.17, 15) is 5.11 Å². The lowest BCUT2D eigenvalue weighted by atomic mass is 10.0. The summed E-state index contributed by atoms with van der Waals surface area (Å²) in [4.78, 5) is 0. The van der Waals surface area contributed by atoms with Crippen molar-refractivity contribution >= 4 is 0 Å². The summed E-state index contributed by atoms with van der Waals surface area (Å²) in [5.41, 5.74) is 7.00. The number of aryl methyl sites for hydroxylation is 3. The van der Waals surface area contributed by atoms with Crippen LogP contribution in [0.2, 0.25) is 0 Å². The zero-order valence-corrected chi connectivity index (χ0v) is 13.0.